The predicted molar refractivity (Wildman–Crippen MR) is 52.6 cm³/mol. The van der Waals surface area contributed by atoms with Crippen LogP contribution in [-0.4, -0.2) is 22.5 Å². The van der Waals surface area contributed by atoms with Gasteiger partial charge in [0.05, 0.1) is 0 Å². The first-order chi connectivity index (χ1) is 5.04. The summed E-state index contributed by atoms with van der Waals surface area (Å²) in [6.07, 6.45) is 2.06. The largest absolute Gasteiger partial charge is 0.311 e. The fraction of sp³-hybridized carbons (Fsp3) is 1.00. The lowest BCUT2D eigenvalue weighted by Gasteiger charge is -2.30. The van der Waals surface area contributed by atoms with E-state index < -0.39 is 5.72 Å². The molecule has 0 aromatic heterocycles. The molecule has 1 N–H and O–H groups in total. The Labute approximate surface area is 82.4 Å². The fourth-order valence-corrected chi connectivity index (χ4v) is 0.844. The van der Waals surface area contributed by atoms with Crippen molar-refractivity contribution in [2.45, 2.75) is 39.3 Å². The molecule has 0 aliphatic carbocycles. The average Bonchev–Trinajstić information content (AvgIpc) is 2.00. The van der Waals surface area contributed by atoms with Crippen LogP contribution in [0.4, 0.5) is 0 Å². The number of unbranched alkanes of at least 4 members (excludes halogenated alkanes) is 1. The molecule has 0 spiro atoms. The van der Waals surface area contributed by atoms with Gasteiger partial charge in [0.1, 0.15) is 28.7 Å². The van der Waals surface area contributed by atoms with Crippen molar-refractivity contribution in [1.82, 2.24) is 5.06 Å². The van der Waals surface area contributed by atoms with Crippen LogP contribution < -0.4 is 0 Å². The Bertz CT molecular complexity index is 109. The summed E-state index contributed by atoms with van der Waals surface area (Å²) in [6.45, 7) is 6.41. The summed E-state index contributed by atoms with van der Waals surface area (Å²) >= 11 is 1.80. The van der Waals surface area contributed by atoms with Crippen molar-refractivity contribution < 1.29 is 8.27 Å². The van der Waals surface area contributed by atoms with Crippen LogP contribution in [0.2, 0.25) is 0 Å². The molecule has 11 heavy (non-hydrogen) atoms. The van der Waals surface area contributed by atoms with Crippen LogP contribution in [0.1, 0.15) is 33.6 Å². The number of hydrogen-bond donors (Lipinski definition) is 1. The maximum atomic E-state index is 9.41. The van der Waals surface area contributed by atoms with E-state index in [1.165, 1.54) is 5.06 Å². The normalized spacial score (nSPS) is 12.5. The summed E-state index contributed by atoms with van der Waals surface area (Å²) in [5.41, 5.74) is -0.574. The molecule has 0 aromatic rings. The highest BCUT2D eigenvalue weighted by molar-refractivity contribution is 14.1. The summed E-state index contributed by atoms with van der Waals surface area (Å²) in [4.78, 5) is 0. The van der Waals surface area contributed by atoms with E-state index in [9.17, 15) is 5.21 Å². The summed E-state index contributed by atoms with van der Waals surface area (Å²) < 4.78 is 5.04. The molecule has 3 nitrogen and oxygen atoms in total. The maximum Gasteiger partial charge on any atom is 0.149 e. The molecular formula is C7H16INO2. The summed E-state index contributed by atoms with van der Waals surface area (Å²) in [7, 11) is 0. The molecule has 0 bridgehead atoms. The topological polar surface area (TPSA) is 32.7 Å². The lowest BCUT2D eigenvalue weighted by Crippen LogP contribution is -2.42. The number of hydrogen-bond acceptors (Lipinski definition) is 3. The van der Waals surface area contributed by atoms with Gasteiger partial charge >= 0.3 is 0 Å². The molecule has 0 unspecified atom stereocenters. The molecule has 0 saturated heterocycles. The minimum atomic E-state index is -0.574. The molecular weight excluding hydrogens is 257 g/mol. The molecule has 0 atom stereocenters. The Morgan fingerprint density at radius 3 is 2.45 bits per heavy atom. The van der Waals surface area contributed by atoms with Crippen LogP contribution >= 0.6 is 23.0 Å². The molecule has 0 fully saturated rings. The first kappa shape index (κ1) is 11.6. The van der Waals surface area contributed by atoms with Gasteiger partial charge in [0, 0.05) is 6.54 Å². The van der Waals surface area contributed by atoms with Gasteiger partial charge in [0.2, 0.25) is 0 Å². The van der Waals surface area contributed by atoms with Gasteiger partial charge in [-0.1, -0.05) is 13.3 Å². The lowest BCUT2D eigenvalue weighted by atomic mass is 10.2. The van der Waals surface area contributed by atoms with Crippen LogP contribution in [0.5, 0.6) is 0 Å². The third-order valence-electron chi connectivity index (χ3n) is 1.53. The highest BCUT2D eigenvalue weighted by Gasteiger charge is 2.24. The zero-order valence-corrected chi connectivity index (χ0v) is 9.46. The van der Waals surface area contributed by atoms with Gasteiger partial charge in [0.15, 0.2) is 0 Å². The van der Waals surface area contributed by atoms with Crippen molar-refractivity contribution >= 4 is 23.0 Å². The van der Waals surface area contributed by atoms with E-state index in [1.54, 1.807) is 23.0 Å². The molecule has 4 heteroatoms. The van der Waals surface area contributed by atoms with Crippen molar-refractivity contribution in [3.8, 4) is 0 Å². The van der Waals surface area contributed by atoms with Gasteiger partial charge in [-0.05, 0) is 20.3 Å². The van der Waals surface area contributed by atoms with Crippen molar-refractivity contribution in [3.63, 3.8) is 0 Å². The van der Waals surface area contributed by atoms with Crippen LogP contribution in [-0.2, 0) is 3.07 Å². The maximum absolute atomic E-state index is 9.41. The molecule has 68 valence electrons. The number of rotatable bonds is 5. The van der Waals surface area contributed by atoms with E-state index in [0.29, 0.717) is 6.54 Å². The van der Waals surface area contributed by atoms with Gasteiger partial charge in [-0.25, -0.2) is 0 Å². The Kier molecular flexibility index (Phi) is 5.58. The van der Waals surface area contributed by atoms with Gasteiger partial charge in [-0.15, -0.1) is 0 Å². The van der Waals surface area contributed by atoms with Gasteiger partial charge in [-0.2, -0.15) is 5.06 Å². The van der Waals surface area contributed by atoms with Crippen LogP contribution in [0, 0.1) is 0 Å². The Hall–Kier alpha value is 0.610. The minimum Gasteiger partial charge on any atom is -0.311 e. The summed E-state index contributed by atoms with van der Waals surface area (Å²) in [5.74, 6) is 0. The molecule has 0 saturated carbocycles. The molecule has 0 aliphatic heterocycles. The fourth-order valence-electron chi connectivity index (χ4n) is 0.617. The number of halogens is 1. The molecule has 0 rings (SSSR count). The average molecular weight is 273 g/mol. The second kappa shape index (κ2) is 5.29. The number of nitrogens with zero attached hydrogens (tertiary/aromatic N) is 1. The zero-order chi connectivity index (χ0) is 8.91. The van der Waals surface area contributed by atoms with E-state index in [4.69, 9.17) is 3.07 Å². The van der Waals surface area contributed by atoms with E-state index in [2.05, 4.69) is 6.92 Å². The van der Waals surface area contributed by atoms with Crippen LogP contribution in [0.25, 0.3) is 0 Å². The van der Waals surface area contributed by atoms with E-state index >= 15 is 0 Å². The third-order valence-corrected chi connectivity index (χ3v) is 2.61. The quantitative estimate of drug-likeness (QED) is 0.474. The molecule has 0 radical (unpaired) electrons. The van der Waals surface area contributed by atoms with Crippen LogP contribution in [0.15, 0.2) is 0 Å². The minimum absolute atomic E-state index is 0.574. The first-order valence-corrected chi connectivity index (χ1v) is 4.69. The van der Waals surface area contributed by atoms with E-state index in [0.717, 1.165) is 12.8 Å². The first-order valence-electron chi connectivity index (χ1n) is 3.81. The predicted octanol–water partition coefficient (Wildman–Crippen LogP) is 2.58. The highest BCUT2D eigenvalue weighted by Crippen LogP contribution is 2.17. The Balaban J connectivity index is 3.71. The second-order valence-electron chi connectivity index (χ2n) is 3.00. The lowest BCUT2D eigenvalue weighted by molar-refractivity contribution is -0.220. The summed E-state index contributed by atoms with van der Waals surface area (Å²) in [5, 5.41) is 10.6. The Morgan fingerprint density at radius 2 is 2.09 bits per heavy atom. The van der Waals surface area contributed by atoms with Crippen molar-refractivity contribution in [3.05, 3.63) is 0 Å². The van der Waals surface area contributed by atoms with Gasteiger partial charge < -0.3 is 5.21 Å². The van der Waals surface area contributed by atoms with Crippen LogP contribution in [0.3, 0.4) is 0 Å². The molecule has 0 aromatic carbocycles. The smallest absolute Gasteiger partial charge is 0.149 e. The summed E-state index contributed by atoms with van der Waals surface area (Å²) in [6, 6.07) is 0. The van der Waals surface area contributed by atoms with Crippen molar-refractivity contribution in [2.24, 2.45) is 0 Å². The van der Waals surface area contributed by atoms with Gasteiger partial charge in [-0.3, -0.25) is 3.07 Å². The monoisotopic (exact) mass is 273 g/mol. The zero-order valence-electron chi connectivity index (χ0n) is 7.30. The van der Waals surface area contributed by atoms with E-state index in [-0.39, 0.29) is 0 Å². The van der Waals surface area contributed by atoms with Crippen molar-refractivity contribution in [1.29, 1.82) is 0 Å². The SMILES string of the molecule is CCCCN(O)C(C)(C)OI. The van der Waals surface area contributed by atoms with E-state index in [1.807, 2.05) is 13.8 Å². The number of hydroxylamine groups is 2. The highest BCUT2D eigenvalue weighted by atomic mass is 127. The Morgan fingerprint density at radius 1 is 1.55 bits per heavy atom. The molecule has 0 heterocycles. The molecule has 0 aliphatic rings. The molecule has 0 amide bonds. The van der Waals surface area contributed by atoms with Gasteiger partial charge in [0.25, 0.3) is 0 Å². The van der Waals surface area contributed by atoms with Crippen molar-refractivity contribution in [2.75, 3.05) is 6.54 Å². The second-order valence-corrected chi connectivity index (χ2v) is 3.44. The third kappa shape index (κ3) is 4.25. The standard InChI is InChI=1S/C7H16INO2/c1-4-5-6-9(10)7(2,3)11-8/h10H,4-6H2,1-3H3.